The Kier molecular flexibility index (Phi) is 5.18. The summed E-state index contributed by atoms with van der Waals surface area (Å²) >= 11 is 3.59. The number of hydrogen-bond acceptors (Lipinski definition) is 4. The van der Waals surface area contributed by atoms with Crippen LogP contribution in [0.3, 0.4) is 0 Å². The van der Waals surface area contributed by atoms with E-state index in [9.17, 15) is 13.2 Å². The first-order chi connectivity index (χ1) is 15.4. The topological polar surface area (TPSA) is 57.7 Å². The maximum atomic E-state index is 13.6. The van der Waals surface area contributed by atoms with Gasteiger partial charge >= 0.3 is 0 Å². The molecule has 0 aliphatic carbocycles. The Morgan fingerprint density at radius 1 is 0.906 bits per heavy atom. The Balaban J connectivity index is 1.69. The molecule has 2 aliphatic rings. The molecule has 1 amide bonds. The molecular weight excluding hydrogens is 488 g/mol. The number of benzene rings is 3. The maximum absolute atomic E-state index is 13.6. The van der Waals surface area contributed by atoms with Gasteiger partial charge in [-0.15, -0.1) is 4.41 Å². The largest absolute Gasteiger partial charge is 0.284 e. The molecule has 2 heterocycles. The first-order valence-electron chi connectivity index (χ1n) is 10.3. The lowest BCUT2D eigenvalue weighted by Crippen LogP contribution is -2.55. The Bertz CT molecular complexity index is 1320. The van der Waals surface area contributed by atoms with E-state index in [0.29, 0.717) is 0 Å². The summed E-state index contributed by atoms with van der Waals surface area (Å²) in [6, 6.07) is 24.0. The van der Waals surface area contributed by atoms with Crippen LogP contribution in [0.5, 0.6) is 0 Å². The van der Waals surface area contributed by atoms with Crippen molar-refractivity contribution in [2.75, 3.05) is 0 Å². The molecule has 0 spiro atoms. The van der Waals surface area contributed by atoms with E-state index in [4.69, 9.17) is 0 Å². The minimum absolute atomic E-state index is 0.0933. The third kappa shape index (κ3) is 3.36. The van der Waals surface area contributed by atoms with Gasteiger partial charge in [0.2, 0.25) is 0 Å². The Hall–Kier alpha value is -2.90. The molecule has 0 radical (unpaired) electrons. The number of carbonyl (C=O) groups excluding carboxylic acids is 1. The number of rotatable bonds is 3. The lowest BCUT2D eigenvalue weighted by atomic mass is 9.80. The van der Waals surface area contributed by atoms with Crippen LogP contribution >= 0.6 is 15.9 Å². The Morgan fingerprint density at radius 3 is 2.28 bits per heavy atom. The summed E-state index contributed by atoms with van der Waals surface area (Å²) in [5, 5.41) is 1.59. The molecular formula is C25H21BrN2O3S. The van der Waals surface area contributed by atoms with Crippen LogP contribution in [0.2, 0.25) is 0 Å². The highest BCUT2D eigenvalue weighted by Crippen LogP contribution is 2.50. The maximum Gasteiger partial charge on any atom is 0.284 e. The van der Waals surface area contributed by atoms with Crippen molar-refractivity contribution in [1.29, 1.82) is 0 Å². The fourth-order valence-corrected chi connectivity index (χ4v) is 6.51. The summed E-state index contributed by atoms with van der Waals surface area (Å²) in [7, 11) is -4.09. The van der Waals surface area contributed by atoms with Crippen LogP contribution in [0.25, 0.3) is 4.48 Å². The predicted molar refractivity (Wildman–Crippen MR) is 127 cm³/mol. The Morgan fingerprint density at radius 2 is 1.56 bits per heavy atom. The molecule has 0 bridgehead atoms. The van der Waals surface area contributed by atoms with Crippen LogP contribution in [0.4, 0.5) is 0 Å². The van der Waals surface area contributed by atoms with E-state index >= 15 is 0 Å². The van der Waals surface area contributed by atoms with E-state index in [0.717, 1.165) is 31.2 Å². The van der Waals surface area contributed by atoms with Crippen LogP contribution < -0.4 is 0 Å². The quantitative estimate of drug-likeness (QED) is 0.477. The average molecular weight is 509 g/mol. The molecule has 2 aliphatic heterocycles. The molecule has 3 aromatic rings. The van der Waals surface area contributed by atoms with Crippen molar-refractivity contribution in [3.8, 4) is 0 Å². The monoisotopic (exact) mass is 508 g/mol. The highest BCUT2D eigenvalue weighted by Gasteiger charge is 2.48. The summed E-state index contributed by atoms with van der Waals surface area (Å²) in [6.45, 7) is 1.89. The zero-order valence-electron chi connectivity index (χ0n) is 17.4. The van der Waals surface area contributed by atoms with Crippen molar-refractivity contribution in [1.82, 2.24) is 9.42 Å². The molecule has 0 aromatic heterocycles. The highest BCUT2D eigenvalue weighted by atomic mass is 79.9. The van der Waals surface area contributed by atoms with Gasteiger partial charge in [0.15, 0.2) is 0 Å². The second-order valence-corrected chi connectivity index (χ2v) is 10.7. The normalized spacial score (nSPS) is 20.4. The van der Waals surface area contributed by atoms with E-state index in [1.165, 1.54) is 0 Å². The molecule has 5 nitrogen and oxygen atoms in total. The number of hydrogen-bond donors (Lipinski definition) is 0. The number of fused-ring (bicyclic) bond motifs is 3. The van der Waals surface area contributed by atoms with Gasteiger partial charge in [-0.05, 0) is 51.7 Å². The second kappa shape index (κ2) is 7.90. The summed E-state index contributed by atoms with van der Waals surface area (Å²) in [4.78, 5) is 13.5. The molecule has 162 valence electrons. The summed E-state index contributed by atoms with van der Waals surface area (Å²) in [6.07, 6.45) is 1.81. The molecule has 1 fully saturated rings. The van der Waals surface area contributed by atoms with E-state index in [1.54, 1.807) is 35.5 Å². The third-order valence-electron chi connectivity index (χ3n) is 6.04. The van der Waals surface area contributed by atoms with Crippen molar-refractivity contribution in [3.05, 3.63) is 107 Å². The minimum Gasteiger partial charge on any atom is -0.272 e. The molecule has 5 rings (SSSR count). The van der Waals surface area contributed by atoms with Gasteiger partial charge in [0.25, 0.3) is 15.9 Å². The lowest BCUT2D eigenvalue weighted by Gasteiger charge is -2.48. The summed E-state index contributed by atoms with van der Waals surface area (Å²) < 4.78 is 29.0. The summed E-state index contributed by atoms with van der Waals surface area (Å²) in [5.74, 6) is -0.641. The lowest BCUT2D eigenvalue weighted by molar-refractivity contribution is -0.144. The van der Waals surface area contributed by atoms with Crippen LogP contribution in [0.1, 0.15) is 40.6 Å². The summed E-state index contributed by atoms with van der Waals surface area (Å²) in [5.41, 5.74) is 3.93. The third-order valence-corrected chi connectivity index (χ3v) is 8.39. The molecule has 0 N–H and O–H groups in total. The fraction of sp³-hybridized carbons (Fsp3) is 0.160. The smallest absolute Gasteiger partial charge is 0.272 e. The van der Waals surface area contributed by atoms with Gasteiger partial charge < -0.3 is 0 Å². The first-order valence-corrected chi connectivity index (χ1v) is 12.6. The zero-order valence-corrected chi connectivity index (χ0v) is 19.8. The van der Waals surface area contributed by atoms with Gasteiger partial charge in [0.1, 0.15) is 0 Å². The van der Waals surface area contributed by atoms with Crippen molar-refractivity contribution < 1.29 is 13.2 Å². The number of sulfonamides is 1. The SMILES string of the molecule is Cc1ccc(S(=O)(=O)N2C(=O)C[C@H](c3ccccc3)[C@@H]3c4ccccc4C(Br)=CN32)cc1. The fourth-order valence-electron chi connectivity index (χ4n) is 4.52. The van der Waals surface area contributed by atoms with Crippen molar-refractivity contribution in [3.63, 3.8) is 0 Å². The molecule has 3 aromatic carbocycles. The molecule has 1 saturated heterocycles. The first kappa shape index (κ1) is 21.0. The van der Waals surface area contributed by atoms with Crippen molar-refractivity contribution in [2.24, 2.45) is 0 Å². The van der Waals surface area contributed by atoms with Gasteiger partial charge in [0.05, 0.1) is 10.9 Å². The standard InChI is InChI=1S/C25H21BrN2O3S/c1-17-11-13-19(14-12-17)32(30,31)28-24(29)15-22(18-7-3-2-4-8-18)25-21-10-6-5-9-20(21)23(26)16-27(25)28/h2-14,16,22,25H,15H2,1H3/t22-,25+/m1/s1. The van der Waals surface area contributed by atoms with Crippen LogP contribution in [-0.2, 0) is 14.8 Å². The predicted octanol–water partition coefficient (Wildman–Crippen LogP) is 5.37. The van der Waals surface area contributed by atoms with Gasteiger partial charge in [-0.3, -0.25) is 9.80 Å². The van der Waals surface area contributed by atoms with Crippen molar-refractivity contribution in [2.45, 2.75) is 30.2 Å². The van der Waals surface area contributed by atoms with Crippen LogP contribution in [0.15, 0.2) is 90.0 Å². The van der Waals surface area contributed by atoms with Crippen LogP contribution in [-0.4, -0.2) is 23.7 Å². The van der Waals surface area contributed by atoms with E-state index in [2.05, 4.69) is 15.9 Å². The minimum atomic E-state index is -4.09. The van der Waals surface area contributed by atoms with Gasteiger partial charge in [0, 0.05) is 23.0 Å². The molecule has 32 heavy (non-hydrogen) atoms. The van der Waals surface area contributed by atoms with Gasteiger partial charge in [-0.1, -0.05) is 72.3 Å². The zero-order chi connectivity index (χ0) is 22.5. The van der Waals surface area contributed by atoms with E-state index < -0.39 is 15.9 Å². The van der Waals surface area contributed by atoms with Crippen LogP contribution in [0, 0.1) is 6.92 Å². The molecule has 2 atom stereocenters. The second-order valence-electron chi connectivity index (χ2n) is 8.07. The van der Waals surface area contributed by atoms with E-state index in [1.807, 2.05) is 61.5 Å². The number of nitrogens with zero attached hydrogens (tertiary/aromatic N) is 2. The van der Waals surface area contributed by atoms with Gasteiger partial charge in [-0.2, -0.15) is 8.42 Å². The number of hydrazine groups is 1. The number of halogens is 1. The van der Waals surface area contributed by atoms with Gasteiger partial charge in [-0.25, -0.2) is 0 Å². The van der Waals surface area contributed by atoms with E-state index in [-0.39, 0.29) is 23.3 Å². The van der Waals surface area contributed by atoms with Crippen molar-refractivity contribution >= 4 is 36.3 Å². The number of amides is 1. The Labute approximate surface area is 196 Å². The molecule has 7 heteroatoms. The number of carbonyl (C=O) groups is 1. The highest BCUT2D eigenvalue weighted by molar-refractivity contribution is 9.15. The number of aryl methyl sites for hydroxylation is 1. The molecule has 0 saturated carbocycles. The molecule has 0 unspecified atom stereocenters. The average Bonchev–Trinajstić information content (AvgIpc) is 2.79.